The van der Waals surface area contributed by atoms with Crippen LogP contribution in [0.1, 0.15) is 39.5 Å². The summed E-state index contributed by atoms with van der Waals surface area (Å²) < 4.78 is 5.39. The third-order valence-electron chi connectivity index (χ3n) is 1.78. The van der Waals surface area contributed by atoms with Gasteiger partial charge in [-0.1, -0.05) is 26.7 Å². The molecule has 0 rings (SSSR count). The fraction of sp³-hybridized carbons (Fsp3) is 1.00. The van der Waals surface area contributed by atoms with Gasteiger partial charge in [0.25, 0.3) is 0 Å². The lowest BCUT2D eigenvalue weighted by molar-refractivity contribution is 0.0210. The van der Waals surface area contributed by atoms with Crippen molar-refractivity contribution in [1.29, 1.82) is 0 Å². The van der Waals surface area contributed by atoms with E-state index in [9.17, 15) is 0 Å². The van der Waals surface area contributed by atoms with Crippen molar-refractivity contribution in [2.75, 3.05) is 13.2 Å². The van der Waals surface area contributed by atoms with Gasteiger partial charge in [0.1, 0.15) is 0 Å². The Kier molecular flexibility index (Phi) is 7.96. The van der Waals surface area contributed by atoms with E-state index in [0.29, 0.717) is 12.7 Å². The minimum absolute atomic E-state index is 0.141. The third kappa shape index (κ3) is 6.32. The zero-order valence-corrected chi connectivity index (χ0v) is 7.68. The van der Waals surface area contributed by atoms with Crippen LogP contribution in [-0.4, -0.2) is 24.4 Å². The maximum absolute atomic E-state index is 8.51. The van der Waals surface area contributed by atoms with Gasteiger partial charge < -0.3 is 9.84 Å². The SMILES string of the molecule is CCCC[C@@H](CC)OCCO. The van der Waals surface area contributed by atoms with Crippen molar-refractivity contribution in [3.8, 4) is 0 Å². The molecule has 1 N–H and O–H groups in total. The van der Waals surface area contributed by atoms with Crippen molar-refractivity contribution in [2.45, 2.75) is 45.6 Å². The number of aliphatic hydroxyl groups is 1. The van der Waals surface area contributed by atoms with Crippen molar-refractivity contribution >= 4 is 0 Å². The van der Waals surface area contributed by atoms with Gasteiger partial charge in [0.05, 0.1) is 19.3 Å². The van der Waals surface area contributed by atoms with Crippen molar-refractivity contribution in [1.82, 2.24) is 0 Å². The van der Waals surface area contributed by atoms with Gasteiger partial charge in [-0.05, 0) is 12.8 Å². The molecule has 2 heteroatoms. The van der Waals surface area contributed by atoms with Gasteiger partial charge in [0, 0.05) is 0 Å². The maximum Gasteiger partial charge on any atom is 0.0701 e. The van der Waals surface area contributed by atoms with Gasteiger partial charge >= 0.3 is 0 Å². The smallest absolute Gasteiger partial charge is 0.0701 e. The van der Waals surface area contributed by atoms with Crippen LogP contribution in [-0.2, 0) is 4.74 Å². The highest BCUT2D eigenvalue weighted by Gasteiger charge is 2.03. The van der Waals surface area contributed by atoms with Crippen LogP contribution in [0.4, 0.5) is 0 Å². The van der Waals surface area contributed by atoms with Crippen LogP contribution in [0.2, 0.25) is 0 Å². The van der Waals surface area contributed by atoms with Crippen LogP contribution >= 0.6 is 0 Å². The van der Waals surface area contributed by atoms with Gasteiger partial charge in [-0.3, -0.25) is 0 Å². The minimum atomic E-state index is 0.141. The van der Waals surface area contributed by atoms with Gasteiger partial charge in [-0.2, -0.15) is 0 Å². The first-order valence-corrected chi connectivity index (χ1v) is 4.57. The van der Waals surface area contributed by atoms with Crippen LogP contribution in [0.3, 0.4) is 0 Å². The third-order valence-corrected chi connectivity index (χ3v) is 1.78. The molecular weight excluding hydrogens is 140 g/mol. The summed E-state index contributed by atoms with van der Waals surface area (Å²) in [7, 11) is 0. The first kappa shape index (κ1) is 10.9. The molecule has 0 aromatic heterocycles. The first-order valence-electron chi connectivity index (χ1n) is 4.57. The quantitative estimate of drug-likeness (QED) is 0.617. The van der Waals surface area contributed by atoms with Gasteiger partial charge in [0.15, 0.2) is 0 Å². The Morgan fingerprint density at radius 2 is 2.09 bits per heavy atom. The molecule has 0 saturated heterocycles. The molecule has 2 nitrogen and oxygen atoms in total. The van der Waals surface area contributed by atoms with E-state index >= 15 is 0 Å². The Balaban J connectivity index is 3.25. The lowest BCUT2D eigenvalue weighted by Gasteiger charge is -2.14. The predicted octanol–water partition coefficient (Wildman–Crippen LogP) is 1.96. The van der Waals surface area contributed by atoms with E-state index in [4.69, 9.17) is 9.84 Å². The molecule has 0 radical (unpaired) electrons. The molecule has 11 heavy (non-hydrogen) atoms. The van der Waals surface area contributed by atoms with Crippen molar-refractivity contribution < 1.29 is 9.84 Å². The molecule has 0 amide bonds. The standard InChI is InChI=1S/C9H20O2/c1-3-5-6-9(4-2)11-8-7-10/h9-10H,3-8H2,1-2H3/t9-/m1/s1. The Hall–Kier alpha value is -0.0800. The molecule has 0 aromatic carbocycles. The summed E-state index contributed by atoms with van der Waals surface area (Å²) in [6.07, 6.45) is 5.00. The van der Waals surface area contributed by atoms with Crippen molar-refractivity contribution in [2.24, 2.45) is 0 Å². The fourth-order valence-electron chi connectivity index (χ4n) is 1.06. The lowest BCUT2D eigenvalue weighted by Crippen LogP contribution is -2.14. The number of rotatable bonds is 7. The molecule has 0 fully saturated rings. The van der Waals surface area contributed by atoms with Gasteiger partial charge in [-0.25, -0.2) is 0 Å². The van der Waals surface area contributed by atoms with Gasteiger partial charge in [-0.15, -0.1) is 0 Å². The topological polar surface area (TPSA) is 29.5 Å². The number of aliphatic hydroxyl groups excluding tert-OH is 1. The van der Waals surface area contributed by atoms with Crippen LogP contribution < -0.4 is 0 Å². The summed E-state index contributed by atoms with van der Waals surface area (Å²) in [5.41, 5.74) is 0. The van der Waals surface area contributed by atoms with E-state index in [-0.39, 0.29) is 6.61 Å². The highest BCUT2D eigenvalue weighted by Crippen LogP contribution is 2.07. The average molecular weight is 160 g/mol. The molecule has 1 atom stereocenters. The second-order valence-electron chi connectivity index (χ2n) is 2.77. The lowest BCUT2D eigenvalue weighted by atomic mass is 10.1. The summed E-state index contributed by atoms with van der Waals surface area (Å²) in [6.45, 7) is 4.93. The van der Waals surface area contributed by atoms with Crippen LogP contribution in [0, 0.1) is 0 Å². The molecule has 0 aliphatic carbocycles. The molecule has 0 aromatic rings. The molecule has 0 aliphatic rings. The fourth-order valence-corrected chi connectivity index (χ4v) is 1.06. The Labute approximate surface area is 69.6 Å². The number of unbranched alkanes of at least 4 members (excludes halogenated alkanes) is 1. The highest BCUT2D eigenvalue weighted by atomic mass is 16.5. The second-order valence-corrected chi connectivity index (χ2v) is 2.77. The molecule has 0 aliphatic heterocycles. The number of hydrogen-bond acceptors (Lipinski definition) is 2. The Morgan fingerprint density at radius 3 is 2.55 bits per heavy atom. The van der Waals surface area contributed by atoms with Crippen LogP contribution in [0.25, 0.3) is 0 Å². The number of ether oxygens (including phenoxy) is 1. The Morgan fingerprint density at radius 1 is 1.36 bits per heavy atom. The predicted molar refractivity (Wildman–Crippen MR) is 46.6 cm³/mol. The van der Waals surface area contributed by atoms with Crippen LogP contribution in [0.15, 0.2) is 0 Å². The van der Waals surface area contributed by atoms with Crippen molar-refractivity contribution in [3.05, 3.63) is 0 Å². The van der Waals surface area contributed by atoms with E-state index in [1.165, 1.54) is 12.8 Å². The minimum Gasteiger partial charge on any atom is -0.394 e. The van der Waals surface area contributed by atoms with E-state index in [0.717, 1.165) is 12.8 Å². The van der Waals surface area contributed by atoms with E-state index in [1.54, 1.807) is 0 Å². The maximum atomic E-state index is 8.51. The molecular formula is C9H20O2. The summed E-state index contributed by atoms with van der Waals surface area (Å²) in [6, 6.07) is 0. The summed E-state index contributed by atoms with van der Waals surface area (Å²) in [4.78, 5) is 0. The molecule has 0 heterocycles. The van der Waals surface area contributed by atoms with E-state index < -0.39 is 0 Å². The largest absolute Gasteiger partial charge is 0.394 e. The molecule has 0 spiro atoms. The average Bonchev–Trinajstić information content (AvgIpc) is 2.05. The zero-order chi connectivity index (χ0) is 8.53. The van der Waals surface area contributed by atoms with Gasteiger partial charge in [0.2, 0.25) is 0 Å². The summed E-state index contributed by atoms with van der Waals surface area (Å²) in [5, 5.41) is 8.51. The molecule has 0 saturated carbocycles. The normalized spacial score (nSPS) is 13.4. The molecule has 68 valence electrons. The van der Waals surface area contributed by atoms with Crippen LogP contribution in [0.5, 0.6) is 0 Å². The highest BCUT2D eigenvalue weighted by molar-refractivity contribution is 4.54. The monoisotopic (exact) mass is 160 g/mol. The molecule has 0 unspecified atom stereocenters. The first-order chi connectivity index (χ1) is 5.35. The second kappa shape index (κ2) is 8.02. The van der Waals surface area contributed by atoms with E-state index in [1.807, 2.05) is 0 Å². The summed E-state index contributed by atoms with van der Waals surface area (Å²) in [5.74, 6) is 0. The molecule has 0 bridgehead atoms. The Bertz CT molecular complexity index is 66.0. The zero-order valence-electron chi connectivity index (χ0n) is 7.68. The number of hydrogen-bond donors (Lipinski definition) is 1. The van der Waals surface area contributed by atoms with E-state index in [2.05, 4.69) is 13.8 Å². The summed E-state index contributed by atoms with van der Waals surface area (Å²) >= 11 is 0. The van der Waals surface area contributed by atoms with Crippen molar-refractivity contribution in [3.63, 3.8) is 0 Å².